The Balaban J connectivity index is 1.75. The highest BCUT2D eigenvalue weighted by atomic mass is 79.9. The van der Waals surface area contributed by atoms with Crippen LogP contribution in [0.5, 0.6) is 0 Å². The number of aromatic nitrogens is 3. The van der Waals surface area contributed by atoms with Crippen LogP contribution in [0, 0.1) is 6.92 Å². The first-order valence-electron chi connectivity index (χ1n) is 7.52. The Kier molecular flexibility index (Phi) is 4.76. The summed E-state index contributed by atoms with van der Waals surface area (Å²) in [4.78, 5) is 16.9. The summed E-state index contributed by atoms with van der Waals surface area (Å²) in [6, 6.07) is 11.6. The molecule has 5 nitrogen and oxygen atoms in total. The Morgan fingerprint density at radius 1 is 1.29 bits per heavy atom. The molecular weight excluding hydrogens is 368 g/mol. The number of pyridine rings is 1. The van der Waals surface area contributed by atoms with Gasteiger partial charge in [0.2, 0.25) is 0 Å². The summed E-state index contributed by atoms with van der Waals surface area (Å²) in [5.41, 5.74) is 4.10. The van der Waals surface area contributed by atoms with Crippen LogP contribution in [-0.2, 0) is 13.6 Å². The van der Waals surface area contributed by atoms with Crippen LogP contribution < -0.4 is 5.32 Å². The highest BCUT2D eigenvalue weighted by Crippen LogP contribution is 2.22. The monoisotopic (exact) mass is 384 g/mol. The minimum atomic E-state index is -0.135. The van der Waals surface area contributed by atoms with Crippen molar-refractivity contribution in [1.82, 2.24) is 20.1 Å². The van der Waals surface area contributed by atoms with Crippen molar-refractivity contribution in [2.45, 2.75) is 13.5 Å². The highest BCUT2D eigenvalue weighted by molar-refractivity contribution is 9.10. The summed E-state index contributed by atoms with van der Waals surface area (Å²) >= 11 is 3.46. The molecule has 0 atom stereocenters. The first-order valence-corrected chi connectivity index (χ1v) is 8.31. The lowest BCUT2D eigenvalue weighted by Crippen LogP contribution is -2.23. The molecule has 0 radical (unpaired) electrons. The number of aryl methyl sites for hydroxylation is 2. The fourth-order valence-electron chi connectivity index (χ4n) is 2.45. The van der Waals surface area contributed by atoms with Gasteiger partial charge in [0, 0.05) is 35.4 Å². The van der Waals surface area contributed by atoms with E-state index < -0.39 is 0 Å². The lowest BCUT2D eigenvalue weighted by molar-refractivity contribution is 0.0950. The van der Waals surface area contributed by atoms with Crippen LogP contribution in [0.2, 0.25) is 0 Å². The predicted molar refractivity (Wildman–Crippen MR) is 96.5 cm³/mol. The number of amides is 1. The number of carbonyl (C=O) groups excluding carboxylic acids is 1. The van der Waals surface area contributed by atoms with Gasteiger partial charge >= 0.3 is 0 Å². The van der Waals surface area contributed by atoms with Crippen LogP contribution in [0.4, 0.5) is 0 Å². The van der Waals surface area contributed by atoms with Crippen LogP contribution in [0.25, 0.3) is 11.3 Å². The Hall–Kier alpha value is -2.47. The van der Waals surface area contributed by atoms with Gasteiger partial charge in [-0.1, -0.05) is 28.1 Å². The second kappa shape index (κ2) is 6.97. The van der Waals surface area contributed by atoms with E-state index >= 15 is 0 Å². The van der Waals surface area contributed by atoms with Gasteiger partial charge in [-0.2, -0.15) is 5.10 Å². The third-order valence-electron chi connectivity index (χ3n) is 3.66. The minimum absolute atomic E-state index is 0.135. The summed E-state index contributed by atoms with van der Waals surface area (Å²) in [5, 5.41) is 6.98. The van der Waals surface area contributed by atoms with Crippen molar-refractivity contribution in [3.05, 3.63) is 70.1 Å². The van der Waals surface area contributed by atoms with Crippen molar-refractivity contribution in [2.24, 2.45) is 7.05 Å². The van der Waals surface area contributed by atoms with Gasteiger partial charge in [0.05, 0.1) is 23.1 Å². The van der Waals surface area contributed by atoms with Gasteiger partial charge in [-0.05, 0) is 31.2 Å². The van der Waals surface area contributed by atoms with Crippen LogP contribution in [0.15, 0.2) is 53.3 Å². The van der Waals surface area contributed by atoms with Gasteiger partial charge in [0.25, 0.3) is 5.91 Å². The summed E-state index contributed by atoms with van der Waals surface area (Å²) < 4.78 is 2.71. The number of benzene rings is 1. The molecule has 122 valence electrons. The molecule has 3 rings (SSSR count). The Bertz CT molecular complexity index is 888. The second-order valence-electron chi connectivity index (χ2n) is 5.54. The van der Waals surface area contributed by atoms with E-state index in [2.05, 4.69) is 31.3 Å². The first-order chi connectivity index (χ1) is 11.5. The normalized spacial score (nSPS) is 10.6. The zero-order valence-electron chi connectivity index (χ0n) is 13.5. The molecule has 1 aromatic carbocycles. The molecule has 2 heterocycles. The third-order valence-corrected chi connectivity index (χ3v) is 4.16. The Labute approximate surface area is 148 Å². The van der Waals surface area contributed by atoms with E-state index in [1.807, 2.05) is 56.6 Å². The molecule has 24 heavy (non-hydrogen) atoms. The van der Waals surface area contributed by atoms with Gasteiger partial charge in [-0.25, -0.2) is 0 Å². The lowest BCUT2D eigenvalue weighted by atomic mass is 10.1. The van der Waals surface area contributed by atoms with Crippen molar-refractivity contribution in [1.29, 1.82) is 0 Å². The molecule has 1 N–H and O–H groups in total. The van der Waals surface area contributed by atoms with Gasteiger partial charge < -0.3 is 5.32 Å². The standard InChI is InChI=1S/C18H17BrN4O/c1-12-16(18(24)20-9-13-10-21-23(2)11-13)6-7-17(22-12)14-4-3-5-15(19)8-14/h3-8,10-11H,9H2,1-2H3,(H,20,24). The second-order valence-corrected chi connectivity index (χ2v) is 6.46. The molecule has 0 fully saturated rings. The van der Waals surface area contributed by atoms with Gasteiger partial charge in [0.15, 0.2) is 0 Å². The maximum atomic E-state index is 12.4. The molecule has 2 aromatic heterocycles. The summed E-state index contributed by atoms with van der Waals surface area (Å²) in [6.07, 6.45) is 3.61. The van der Waals surface area contributed by atoms with Crippen LogP contribution in [0.3, 0.4) is 0 Å². The summed E-state index contributed by atoms with van der Waals surface area (Å²) in [6.45, 7) is 2.29. The van der Waals surface area contributed by atoms with E-state index in [0.29, 0.717) is 17.8 Å². The summed E-state index contributed by atoms with van der Waals surface area (Å²) in [5.74, 6) is -0.135. The minimum Gasteiger partial charge on any atom is -0.348 e. The summed E-state index contributed by atoms with van der Waals surface area (Å²) in [7, 11) is 1.85. The van der Waals surface area contributed by atoms with E-state index in [-0.39, 0.29) is 5.91 Å². The molecule has 0 spiro atoms. The van der Waals surface area contributed by atoms with Gasteiger partial charge in [0.1, 0.15) is 0 Å². The van der Waals surface area contributed by atoms with Gasteiger partial charge in [-0.3, -0.25) is 14.5 Å². The van der Waals surface area contributed by atoms with Crippen LogP contribution in [0.1, 0.15) is 21.6 Å². The fraction of sp³-hybridized carbons (Fsp3) is 0.167. The molecule has 0 aliphatic carbocycles. The predicted octanol–water partition coefficient (Wildman–Crippen LogP) is 3.48. The molecule has 0 saturated carbocycles. The van der Waals surface area contributed by atoms with Crippen molar-refractivity contribution in [3.8, 4) is 11.3 Å². The maximum absolute atomic E-state index is 12.4. The largest absolute Gasteiger partial charge is 0.348 e. The van der Waals surface area contributed by atoms with E-state index in [9.17, 15) is 4.79 Å². The third kappa shape index (κ3) is 3.71. The van der Waals surface area contributed by atoms with E-state index in [1.54, 1.807) is 10.9 Å². The zero-order chi connectivity index (χ0) is 17.1. The molecule has 0 aliphatic rings. The number of halogens is 1. The SMILES string of the molecule is Cc1nc(-c2cccc(Br)c2)ccc1C(=O)NCc1cnn(C)c1. The maximum Gasteiger partial charge on any atom is 0.253 e. The zero-order valence-corrected chi connectivity index (χ0v) is 15.0. The quantitative estimate of drug-likeness (QED) is 0.748. The first kappa shape index (κ1) is 16.4. The number of carbonyl (C=O) groups is 1. The highest BCUT2D eigenvalue weighted by Gasteiger charge is 2.11. The molecule has 0 unspecified atom stereocenters. The molecule has 0 bridgehead atoms. The van der Waals surface area contributed by atoms with Crippen molar-refractivity contribution in [3.63, 3.8) is 0 Å². The molecule has 3 aromatic rings. The van der Waals surface area contributed by atoms with E-state index in [4.69, 9.17) is 0 Å². The topological polar surface area (TPSA) is 59.8 Å². The number of nitrogens with one attached hydrogen (secondary N) is 1. The molecular formula is C18H17BrN4O. The lowest BCUT2D eigenvalue weighted by Gasteiger charge is -2.09. The van der Waals surface area contributed by atoms with Crippen LogP contribution in [-0.4, -0.2) is 20.7 Å². The van der Waals surface area contributed by atoms with E-state index in [0.717, 1.165) is 21.3 Å². The average Bonchev–Trinajstić information content (AvgIpc) is 2.98. The smallest absolute Gasteiger partial charge is 0.253 e. The van der Waals surface area contributed by atoms with Crippen molar-refractivity contribution >= 4 is 21.8 Å². The number of nitrogens with zero attached hydrogens (tertiary/aromatic N) is 3. The molecule has 0 aliphatic heterocycles. The molecule has 6 heteroatoms. The molecule has 0 saturated heterocycles. The molecule has 1 amide bonds. The number of hydrogen-bond acceptors (Lipinski definition) is 3. The average molecular weight is 385 g/mol. The van der Waals surface area contributed by atoms with E-state index in [1.165, 1.54) is 0 Å². The Morgan fingerprint density at radius 3 is 2.79 bits per heavy atom. The van der Waals surface area contributed by atoms with Crippen molar-refractivity contribution in [2.75, 3.05) is 0 Å². The fourth-order valence-corrected chi connectivity index (χ4v) is 2.85. The van der Waals surface area contributed by atoms with Crippen molar-refractivity contribution < 1.29 is 4.79 Å². The Morgan fingerprint density at radius 2 is 2.12 bits per heavy atom. The van der Waals surface area contributed by atoms with Gasteiger partial charge in [-0.15, -0.1) is 0 Å². The number of rotatable bonds is 4. The van der Waals surface area contributed by atoms with Crippen LogP contribution >= 0.6 is 15.9 Å². The number of hydrogen-bond donors (Lipinski definition) is 1.